The molecule has 1 aromatic rings. The summed E-state index contributed by atoms with van der Waals surface area (Å²) in [6.45, 7) is 6.23. The first kappa shape index (κ1) is 18.3. The normalized spacial score (nSPS) is 20.6. The van der Waals surface area contributed by atoms with Gasteiger partial charge in [-0.25, -0.2) is 0 Å². The predicted octanol–water partition coefficient (Wildman–Crippen LogP) is 3.86. The van der Waals surface area contributed by atoms with E-state index in [-0.39, 0.29) is 24.0 Å². The Bertz CT molecular complexity index is 433. The van der Waals surface area contributed by atoms with E-state index in [0.717, 1.165) is 19.0 Å². The van der Waals surface area contributed by atoms with Crippen LogP contribution in [-0.2, 0) is 0 Å². The van der Waals surface area contributed by atoms with Gasteiger partial charge in [0.1, 0.15) is 0 Å². The molecule has 2 unspecified atom stereocenters. The van der Waals surface area contributed by atoms with Crippen LogP contribution < -0.4 is 5.32 Å². The van der Waals surface area contributed by atoms with Crippen LogP contribution in [0.1, 0.15) is 44.6 Å². The molecule has 1 aliphatic carbocycles. The zero-order chi connectivity index (χ0) is 14.4. The molecule has 1 saturated carbocycles. The van der Waals surface area contributed by atoms with Gasteiger partial charge in [-0.05, 0) is 25.3 Å². The number of nitrogens with zero attached hydrogens (tertiary/aromatic N) is 2. The van der Waals surface area contributed by atoms with Crippen LogP contribution in [0.15, 0.2) is 35.3 Å². The number of rotatable bonds is 6. The zero-order valence-corrected chi connectivity index (χ0v) is 15.7. The second kappa shape index (κ2) is 9.28. The third-order valence-corrected chi connectivity index (χ3v) is 3.85. The number of unbranched alkanes of at least 4 members (excludes halogenated alkanes) is 1. The molecule has 1 aromatic carbocycles. The summed E-state index contributed by atoms with van der Waals surface area (Å²) in [5.74, 6) is 1.71. The molecule has 0 spiro atoms. The predicted molar refractivity (Wildman–Crippen MR) is 102 cm³/mol. The highest BCUT2D eigenvalue weighted by atomic mass is 127. The molecular weight excluding hydrogens is 373 g/mol. The lowest BCUT2D eigenvalue weighted by Gasteiger charge is -2.22. The second-order valence-corrected chi connectivity index (χ2v) is 5.58. The van der Waals surface area contributed by atoms with Gasteiger partial charge < -0.3 is 10.2 Å². The standard InChI is InChI=1S/C17H27N3.HI/c1-4-6-12-20(3)17(18-5-2)19-16-13-15(16)14-10-8-7-9-11-14;/h7-11,15-16H,4-6,12-13H2,1-3H3,(H,18,19);1H. The summed E-state index contributed by atoms with van der Waals surface area (Å²) in [6, 6.07) is 11.3. The molecule has 0 heterocycles. The summed E-state index contributed by atoms with van der Waals surface area (Å²) in [5.41, 5.74) is 1.44. The van der Waals surface area contributed by atoms with Gasteiger partial charge in [-0.2, -0.15) is 0 Å². The molecular formula is C17H28IN3. The molecule has 2 rings (SSSR count). The highest BCUT2D eigenvalue weighted by molar-refractivity contribution is 14.0. The van der Waals surface area contributed by atoms with Crippen LogP contribution in [0.3, 0.4) is 0 Å². The Morgan fingerprint density at radius 2 is 2.00 bits per heavy atom. The monoisotopic (exact) mass is 401 g/mol. The molecule has 21 heavy (non-hydrogen) atoms. The van der Waals surface area contributed by atoms with Crippen LogP contribution in [0, 0.1) is 0 Å². The number of guanidine groups is 1. The largest absolute Gasteiger partial charge is 0.353 e. The summed E-state index contributed by atoms with van der Waals surface area (Å²) < 4.78 is 0. The van der Waals surface area contributed by atoms with E-state index in [9.17, 15) is 0 Å². The smallest absolute Gasteiger partial charge is 0.193 e. The molecule has 0 aromatic heterocycles. The van der Waals surface area contributed by atoms with Gasteiger partial charge in [0.25, 0.3) is 0 Å². The Balaban J connectivity index is 0.00000220. The maximum atomic E-state index is 4.62. The van der Waals surface area contributed by atoms with E-state index in [0.29, 0.717) is 12.0 Å². The molecule has 2 atom stereocenters. The minimum absolute atomic E-state index is 0. The summed E-state index contributed by atoms with van der Waals surface area (Å²) in [7, 11) is 2.14. The SMILES string of the molecule is CCCCN(C)C(=NCC)NC1CC1c1ccccc1.I. The second-order valence-electron chi connectivity index (χ2n) is 5.58. The highest BCUT2D eigenvalue weighted by Crippen LogP contribution is 2.40. The van der Waals surface area contributed by atoms with Gasteiger partial charge >= 0.3 is 0 Å². The molecule has 1 fully saturated rings. The number of benzene rings is 1. The van der Waals surface area contributed by atoms with E-state index < -0.39 is 0 Å². The van der Waals surface area contributed by atoms with Crippen molar-refractivity contribution in [3.05, 3.63) is 35.9 Å². The molecule has 0 bridgehead atoms. The summed E-state index contributed by atoms with van der Waals surface area (Å²) in [5, 5.41) is 3.63. The maximum absolute atomic E-state index is 4.62. The lowest BCUT2D eigenvalue weighted by Crippen LogP contribution is -2.41. The number of hydrogen-bond acceptors (Lipinski definition) is 1. The van der Waals surface area contributed by atoms with Crippen LogP contribution >= 0.6 is 24.0 Å². The number of halogens is 1. The molecule has 0 aliphatic heterocycles. The van der Waals surface area contributed by atoms with E-state index in [1.54, 1.807) is 0 Å². The average Bonchev–Trinajstić information content (AvgIpc) is 3.24. The summed E-state index contributed by atoms with van der Waals surface area (Å²) >= 11 is 0. The lowest BCUT2D eigenvalue weighted by atomic mass is 10.1. The van der Waals surface area contributed by atoms with E-state index in [2.05, 4.69) is 66.4 Å². The Hall–Kier alpha value is -0.780. The number of hydrogen-bond donors (Lipinski definition) is 1. The van der Waals surface area contributed by atoms with Crippen molar-refractivity contribution < 1.29 is 0 Å². The van der Waals surface area contributed by atoms with Gasteiger partial charge in [-0.15, -0.1) is 24.0 Å². The van der Waals surface area contributed by atoms with Gasteiger partial charge in [-0.1, -0.05) is 43.7 Å². The van der Waals surface area contributed by atoms with Crippen molar-refractivity contribution in [3.8, 4) is 0 Å². The fourth-order valence-electron chi connectivity index (χ4n) is 2.52. The zero-order valence-electron chi connectivity index (χ0n) is 13.4. The van der Waals surface area contributed by atoms with Crippen molar-refractivity contribution in [2.24, 2.45) is 4.99 Å². The van der Waals surface area contributed by atoms with Crippen molar-refractivity contribution >= 4 is 29.9 Å². The molecule has 118 valence electrons. The summed E-state index contributed by atoms with van der Waals surface area (Å²) in [4.78, 5) is 6.87. The van der Waals surface area contributed by atoms with Crippen LogP contribution in [0.2, 0.25) is 0 Å². The Morgan fingerprint density at radius 3 is 2.62 bits per heavy atom. The molecule has 3 nitrogen and oxygen atoms in total. The van der Waals surface area contributed by atoms with Crippen molar-refractivity contribution in [2.45, 2.75) is 45.1 Å². The van der Waals surface area contributed by atoms with Gasteiger partial charge in [-0.3, -0.25) is 4.99 Å². The van der Waals surface area contributed by atoms with Crippen molar-refractivity contribution in [2.75, 3.05) is 20.1 Å². The first-order valence-corrected chi connectivity index (χ1v) is 7.83. The fourth-order valence-corrected chi connectivity index (χ4v) is 2.52. The lowest BCUT2D eigenvalue weighted by molar-refractivity contribution is 0.462. The Morgan fingerprint density at radius 1 is 1.29 bits per heavy atom. The van der Waals surface area contributed by atoms with Gasteiger partial charge in [0.05, 0.1) is 0 Å². The van der Waals surface area contributed by atoms with Crippen molar-refractivity contribution in [3.63, 3.8) is 0 Å². The third-order valence-electron chi connectivity index (χ3n) is 3.85. The number of aliphatic imine (C=N–C) groups is 1. The molecule has 1 N–H and O–H groups in total. The van der Waals surface area contributed by atoms with Crippen LogP contribution in [0.5, 0.6) is 0 Å². The fraction of sp³-hybridized carbons (Fsp3) is 0.588. The minimum atomic E-state index is 0. The van der Waals surface area contributed by atoms with E-state index in [4.69, 9.17) is 0 Å². The van der Waals surface area contributed by atoms with E-state index in [1.165, 1.54) is 24.8 Å². The first-order valence-electron chi connectivity index (χ1n) is 7.83. The van der Waals surface area contributed by atoms with Crippen LogP contribution in [0.25, 0.3) is 0 Å². The Kier molecular flexibility index (Phi) is 8.07. The van der Waals surface area contributed by atoms with Gasteiger partial charge in [0, 0.05) is 32.1 Å². The molecule has 1 aliphatic rings. The first-order chi connectivity index (χ1) is 9.76. The number of nitrogens with one attached hydrogen (secondary N) is 1. The van der Waals surface area contributed by atoms with Gasteiger partial charge in [0.2, 0.25) is 0 Å². The Labute approximate surface area is 146 Å². The molecule has 4 heteroatoms. The molecule has 0 amide bonds. The third kappa shape index (κ3) is 5.49. The van der Waals surface area contributed by atoms with Crippen LogP contribution in [-0.4, -0.2) is 37.0 Å². The van der Waals surface area contributed by atoms with Gasteiger partial charge in [0.15, 0.2) is 5.96 Å². The highest BCUT2D eigenvalue weighted by Gasteiger charge is 2.39. The summed E-state index contributed by atoms with van der Waals surface area (Å²) in [6.07, 6.45) is 3.65. The minimum Gasteiger partial charge on any atom is -0.353 e. The van der Waals surface area contributed by atoms with Crippen molar-refractivity contribution in [1.82, 2.24) is 10.2 Å². The van der Waals surface area contributed by atoms with Crippen LogP contribution in [0.4, 0.5) is 0 Å². The quantitative estimate of drug-likeness (QED) is 0.446. The van der Waals surface area contributed by atoms with E-state index in [1.807, 2.05) is 0 Å². The average molecular weight is 401 g/mol. The van der Waals surface area contributed by atoms with Crippen molar-refractivity contribution in [1.29, 1.82) is 0 Å². The maximum Gasteiger partial charge on any atom is 0.193 e. The molecule has 0 saturated heterocycles. The topological polar surface area (TPSA) is 27.6 Å². The molecule has 0 radical (unpaired) electrons. The van der Waals surface area contributed by atoms with E-state index >= 15 is 0 Å².